The van der Waals surface area contributed by atoms with E-state index in [-0.39, 0.29) is 30.1 Å². The molecule has 0 spiro atoms. The standard InChI is InChI=1S/C18H23IN4.HI/c1-14-9-10-16(11-15(14)2)12-20-23-18(22(19)13-21(23)3)17-7-5-4-6-8-17;/h4-11,18,20H,12-13H2,1-3H3;1H/t18-;/m1./s1. The number of aryl methyl sites for hydroxylation is 2. The summed E-state index contributed by atoms with van der Waals surface area (Å²) in [7, 11) is 2.20. The summed E-state index contributed by atoms with van der Waals surface area (Å²) in [5.74, 6) is 0. The summed E-state index contributed by atoms with van der Waals surface area (Å²) in [6.45, 7) is 6.14. The highest BCUT2D eigenvalue weighted by atomic mass is 127. The Balaban J connectivity index is 0.00000208. The number of halogens is 2. The largest absolute Gasteiger partial charge is 1.00 e. The molecule has 2 atom stereocenters. The Bertz CT molecular complexity index is 665. The summed E-state index contributed by atoms with van der Waals surface area (Å²) in [5, 5.41) is 3.65. The van der Waals surface area contributed by atoms with E-state index in [0.717, 1.165) is 13.2 Å². The molecule has 1 aliphatic heterocycles. The molecule has 2 aromatic rings. The smallest absolute Gasteiger partial charge is 0.166 e. The van der Waals surface area contributed by atoms with Gasteiger partial charge < -0.3 is 24.0 Å². The molecule has 3 rings (SSSR count). The average molecular weight is 550 g/mol. The van der Waals surface area contributed by atoms with E-state index in [0.29, 0.717) is 0 Å². The highest BCUT2D eigenvalue weighted by molar-refractivity contribution is 14.1. The van der Waals surface area contributed by atoms with Crippen LogP contribution in [0.4, 0.5) is 0 Å². The molecule has 1 aliphatic rings. The first-order valence-electron chi connectivity index (χ1n) is 7.95. The number of hydrogen-bond acceptors (Lipinski definition) is 3. The summed E-state index contributed by atoms with van der Waals surface area (Å²) >= 11 is 2.42. The Hall–Kier alpha value is -0.260. The van der Waals surface area contributed by atoms with Crippen LogP contribution in [-0.4, -0.2) is 21.9 Å². The molecule has 1 fully saturated rings. The van der Waals surface area contributed by atoms with Crippen LogP contribution in [-0.2, 0) is 6.54 Å². The Morgan fingerprint density at radius 1 is 1.12 bits per heavy atom. The van der Waals surface area contributed by atoms with Gasteiger partial charge in [-0.25, -0.2) is 10.4 Å². The van der Waals surface area contributed by atoms with Gasteiger partial charge in [0.25, 0.3) is 0 Å². The molecule has 2 aromatic carbocycles. The summed E-state index contributed by atoms with van der Waals surface area (Å²) in [5.41, 5.74) is 8.95. The fraction of sp³-hybridized carbons (Fsp3) is 0.333. The van der Waals surface area contributed by atoms with Crippen LogP contribution in [0.1, 0.15) is 28.4 Å². The van der Waals surface area contributed by atoms with E-state index >= 15 is 0 Å². The van der Waals surface area contributed by atoms with Crippen LogP contribution in [0.2, 0.25) is 0 Å². The van der Waals surface area contributed by atoms with Gasteiger partial charge in [-0.3, -0.25) is 0 Å². The van der Waals surface area contributed by atoms with Gasteiger partial charge in [-0.05, 0) is 36.1 Å². The number of nitrogens with zero attached hydrogens (tertiary/aromatic N) is 2. The van der Waals surface area contributed by atoms with Crippen molar-refractivity contribution in [3.63, 3.8) is 0 Å². The molecule has 1 saturated heterocycles. The number of hydrazine groups is 1. The zero-order valence-electron chi connectivity index (χ0n) is 14.3. The van der Waals surface area contributed by atoms with Crippen molar-refractivity contribution >= 4 is 22.9 Å². The first-order chi connectivity index (χ1) is 11.1. The van der Waals surface area contributed by atoms with Crippen molar-refractivity contribution in [3.8, 4) is 0 Å². The van der Waals surface area contributed by atoms with Gasteiger partial charge in [0.1, 0.15) is 0 Å². The minimum absolute atomic E-state index is 0. The van der Waals surface area contributed by atoms with E-state index in [1.165, 1.54) is 27.3 Å². The third-order valence-corrected chi connectivity index (χ3v) is 5.29. The van der Waals surface area contributed by atoms with Gasteiger partial charge >= 0.3 is 0 Å². The zero-order chi connectivity index (χ0) is 16.4. The Morgan fingerprint density at radius 2 is 1.83 bits per heavy atom. The summed E-state index contributed by atoms with van der Waals surface area (Å²) < 4.78 is 2.34. The van der Waals surface area contributed by atoms with Gasteiger partial charge in [-0.15, -0.1) is 0 Å². The van der Waals surface area contributed by atoms with Gasteiger partial charge in [0.2, 0.25) is 0 Å². The van der Waals surface area contributed by atoms with E-state index in [2.05, 4.69) is 106 Å². The fourth-order valence-corrected chi connectivity index (χ4v) is 4.03. The normalized spacial score (nSPS) is 21.7. The molecule has 24 heavy (non-hydrogen) atoms. The zero-order valence-corrected chi connectivity index (χ0v) is 18.6. The van der Waals surface area contributed by atoms with Crippen molar-refractivity contribution in [1.82, 2.24) is 13.7 Å². The van der Waals surface area contributed by atoms with Gasteiger partial charge in [-0.1, -0.05) is 53.6 Å². The van der Waals surface area contributed by atoms with Crippen LogP contribution in [0.25, 0.3) is 0 Å². The third-order valence-electron chi connectivity index (χ3n) is 4.42. The maximum Gasteiger partial charge on any atom is 0.166 e. The molecule has 0 aromatic heterocycles. The molecule has 0 saturated carbocycles. The molecule has 6 heteroatoms. The van der Waals surface area contributed by atoms with Crippen molar-refractivity contribution in [3.05, 3.63) is 70.8 Å². The Labute approximate surface area is 175 Å². The third kappa shape index (κ3) is 4.47. The van der Waals surface area contributed by atoms with Crippen LogP contribution < -0.4 is 34.4 Å². The molecule has 1 unspecified atom stereocenters. The second kappa shape index (κ2) is 8.91. The van der Waals surface area contributed by atoms with E-state index in [4.69, 9.17) is 0 Å². The number of quaternary nitrogens is 1. The summed E-state index contributed by atoms with van der Waals surface area (Å²) in [6, 6.07) is 17.3. The lowest BCUT2D eigenvalue weighted by Crippen LogP contribution is -3.14. The minimum atomic E-state index is 0. The molecule has 1 heterocycles. The second-order valence-corrected chi connectivity index (χ2v) is 7.44. The fourth-order valence-electron chi connectivity index (χ4n) is 2.96. The quantitative estimate of drug-likeness (QED) is 0.392. The highest BCUT2D eigenvalue weighted by Gasteiger charge is 2.40. The van der Waals surface area contributed by atoms with Crippen molar-refractivity contribution in [2.75, 3.05) is 13.7 Å². The van der Waals surface area contributed by atoms with Crippen molar-refractivity contribution in [2.24, 2.45) is 0 Å². The van der Waals surface area contributed by atoms with E-state index < -0.39 is 0 Å². The van der Waals surface area contributed by atoms with Crippen molar-refractivity contribution in [1.29, 1.82) is 0 Å². The van der Waals surface area contributed by atoms with Crippen molar-refractivity contribution < 1.29 is 29.0 Å². The molecule has 4 nitrogen and oxygen atoms in total. The SMILES string of the molecule is Cc1ccc(CNN2[C@H](c3ccccc3)N(I)C[NH+]2C)cc1C.[I-]. The average Bonchev–Trinajstić information content (AvgIpc) is 2.83. The lowest BCUT2D eigenvalue weighted by atomic mass is 10.1. The van der Waals surface area contributed by atoms with Crippen LogP contribution in [0.3, 0.4) is 0 Å². The Morgan fingerprint density at radius 3 is 2.50 bits per heavy atom. The molecule has 0 aliphatic carbocycles. The number of nitrogens with one attached hydrogen (secondary N) is 2. The molecular formula is C18H24I2N4. The van der Waals surface area contributed by atoms with Crippen molar-refractivity contribution in [2.45, 2.75) is 26.6 Å². The number of hydrogen-bond donors (Lipinski definition) is 2. The molecule has 0 bridgehead atoms. The van der Waals surface area contributed by atoms with Gasteiger partial charge in [0.05, 0.1) is 7.05 Å². The predicted octanol–water partition coefficient (Wildman–Crippen LogP) is -0.634. The van der Waals surface area contributed by atoms with Crippen LogP contribution in [0, 0.1) is 13.8 Å². The first kappa shape index (κ1) is 20.1. The second-order valence-electron chi connectivity index (χ2n) is 6.20. The maximum atomic E-state index is 3.62. The highest BCUT2D eigenvalue weighted by Crippen LogP contribution is 2.26. The molecule has 2 N–H and O–H groups in total. The number of rotatable bonds is 4. The summed E-state index contributed by atoms with van der Waals surface area (Å²) in [4.78, 5) is 0. The lowest BCUT2D eigenvalue weighted by molar-refractivity contribution is -0.997. The first-order valence-corrected chi connectivity index (χ1v) is 8.91. The van der Waals surface area contributed by atoms with Gasteiger partial charge in [-0.2, -0.15) is 3.11 Å². The van der Waals surface area contributed by atoms with E-state index in [1.54, 1.807) is 0 Å². The Kier molecular flexibility index (Phi) is 7.44. The maximum absolute atomic E-state index is 3.62. The van der Waals surface area contributed by atoms with E-state index in [1.807, 2.05) is 0 Å². The predicted molar refractivity (Wildman–Crippen MR) is 101 cm³/mol. The monoisotopic (exact) mass is 550 g/mol. The van der Waals surface area contributed by atoms with E-state index in [9.17, 15) is 0 Å². The molecule has 130 valence electrons. The summed E-state index contributed by atoms with van der Waals surface area (Å²) in [6.07, 6.45) is 0.239. The minimum Gasteiger partial charge on any atom is -1.00 e. The van der Waals surface area contributed by atoms with Crippen LogP contribution in [0.5, 0.6) is 0 Å². The van der Waals surface area contributed by atoms with Gasteiger partial charge in [0.15, 0.2) is 12.8 Å². The van der Waals surface area contributed by atoms with Crippen LogP contribution >= 0.6 is 22.9 Å². The molecule has 0 radical (unpaired) electrons. The number of benzene rings is 2. The van der Waals surface area contributed by atoms with Crippen LogP contribution in [0.15, 0.2) is 48.5 Å². The lowest BCUT2D eigenvalue weighted by Gasteiger charge is -2.26. The van der Waals surface area contributed by atoms with Gasteiger partial charge in [0, 0.05) is 29.4 Å². The molecule has 0 amide bonds. The molecular weight excluding hydrogens is 526 g/mol. The topological polar surface area (TPSA) is 22.9 Å².